The molecule has 5 heteroatoms. The maximum absolute atomic E-state index is 11.5. The Hall–Kier alpha value is -1.78. The summed E-state index contributed by atoms with van der Waals surface area (Å²) in [7, 11) is 0. The summed E-state index contributed by atoms with van der Waals surface area (Å²) in [5, 5.41) is 11.4. The highest BCUT2D eigenvalue weighted by atomic mass is 16.6. The molecular formula is C12H17NO4. The summed E-state index contributed by atoms with van der Waals surface area (Å²) in [6.07, 6.45) is 4.60. The van der Waals surface area contributed by atoms with Crippen molar-refractivity contribution in [2.24, 2.45) is 0 Å². The molecule has 0 aliphatic heterocycles. The van der Waals surface area contributed by atoms with E-state index in [0.717, 1.165) is 0 Å². The molecule has 2 N–H and O–H groups in total. The third-order valence-corrected chi connectivity index (χ3v) is 2.06. The molecule has 0 aromatic rings. The van der Waals surface area contributed by atoms with E-state index in [1.165, 1.54) is 6.08 Å². The summed E-state index contributed by atoms with van der Waals surface area (Å²) >= 11 is 0. The minimum Gasteiger partial charge on any atom is -0.478 e. The predicted octanol–water partition coefficient (Wildman–Crippen LogP) is 1.85. The molecule has 1 atom stereocenters. The molecule has 0 aromatic heterocycles. The standard InChI is InChI=1S/C12H17NO4/c1-12(2,3)17-11(16)13-9-6-4-5-8(7-9)10(14)15/h4-6,9H,7H2,1-3H3,(H,13,16)(H,14,15)/t9-/m0/s1. The highest BCUT2D eigenvalue weighted by molar-refractivity contribution is 5.87. The number of ether oxygens (including phenoxy) is 1. The van der Waals surface area contributed by atoms with Crippen LogP contribution in [0, 0.1) is 0 Å². The fourth-order valence-corrected chi connectivity index (χ4v) is 1.40. The minimum absolute atomic E-state index is 0.269. The monoisotopic (exact) mass is 239 g/mol. The van der Waals surface area contributed by atoms with Gasteiger partial charge < -0.3 is 15.2 Å². The number of hydrogen-bond acceptors (Lipinski definition) is 3. The van der Waals surface area contributed by atoms with Gasteiger partial charge in [0, 0.05) is 12.0 Å². The van der Waals surface area contributed by atoms with E-state index < -0.39 is 17.7 Å². The highest BCUT2D eigenvalue weighted by Gasteiger charge is 2.21. The van der Waals surface area contributed by atoms with Crippen LogP contribution in [0.2, 0.25) is 0 Å². The van der Waals surface area contributed by atoms with Crippen LogP contribution in [0.1, 0.15) is 27.2 Å². The summed E-state index contributed by atoms with van der Waals surface area (Å²) in [6.45, 7) is 5.31. The van der Waals surface area contributed by atoms with Crippen LogP contribution in [0.4, 0.5) is 4.79 Å². The smallest absolute Gasteiger partial charge is 0.408 e. The Morgan fingerprint density at radius 3 is 2.65 bits per heavy atom. The normalized spacial score (nSPS) is 19.5. The summed E-state index contributed by atoms with van der Waals surface area (Å²) in [4.78, 5) is 22.2. The fraction of sp³-hybridized carbons (Fsp3) is 0.500. The van der Waals surface area contributed by atoms with E-state index in [0.29, 0.717) is 0 Å². The van der Waals surface area contributed by atoms with Crippen molar-refractivity contribution in [2.45, 2.75) is 38.8 Å². The van der Waals surface area contributed by atoms with Crippen LogP contribution >= 0.6 is 0 Å². The van der Waals surface area contributed by atoms with Gasteiger partial charge in [-0.25, -0.2) is 9.59 Å². The van der Waals surface area contributed by atoms with Gasteiger partial charge in [0.25, 0.3) is 0 Å². The number of carboxylic acid groups (broad SMARTS) is 1. The Kier molecular flexibility index (Phi) is 3.93. The van der Waals surface area contributed by atoms with Crippen LogP contribution < -0.4 is 5.32 Å². The third kappa shape index (κ3) is 4.72. The van der Waals surface area contributed by atoms with Crippen molar-refractivity contribution < 1.29 is 19.4 Å². The SMILES string of the molecule is CC(C)(C)OC(=O)N[C@H]1C=CC=C(C(=O)O)C1. The Balaban J connectivity index is 2.50. The second kappa shape index (κ2) is 5.03. The van der Waals surface area contributed by atoms with Gasteiger partial charge in [0.1, 0.15) is 5.60 Å². The van der Waals surface area contributed by atoms with Crippen molar-refractivity contribution >= 4 is 12.1 Å². The van der Waals surface area contributed by atoms with Crippen molar-refractivity contribution in [3.8, 4) is 0 Å². The van der Waals surface area contributed by atoms with Crippen LogP contribution in [-0.2, 0) is 9.53 Å². The number of alkyl carbamates (subject to hydrolysis) is 1. The number of rotatable bonds is 2. The van der Waals surface area contributed by atoms with Gasteiger partial charge in [-0.3, -0.25) is 0 Å². The van der Waals surface area contributed by atoms with E-state index in [-0.39, 0.29) is 18.0 Å². The zero-order valence-electron chi connectivity index (χ0n) is 10.2. The predicted molar refractivity (Wildman–Crippen MR) is 62.6 cm³/mol. The minimum atomic E-state index is -0.967. The fourth-order valence-electron chi connectivity index (χ4n) is 1.40. The van der Waals surface area contributed by atoms with Crippen LogP contribution in [0.25, 0.3) is 0 Å². The van der Waals surface area contributed by atoms with Crippen LogP contribution in [-0.4, -0.2) is 28.8 Å². The van der Waals surface area contributed by atoms with Gasteiger partial charge in [-0.1, -0.05) is 18.2 Å². The molecule has 1 aliphatic rings. The van der Waals surface area contributed by atoms with Crippen LogP contribution in [0.15, 0.2) is 23.8 Å². The molecule has 1 rings (SSSR count). The topological polar surface area (TPSA) is 75.6 Å². The number of carboxylic acids is 1. The Morgan fingerprint density at radius 2 is 2.12 bits per heavy atom. The summed E-state index contributed by atoms with van der Waals surface area (Å²) in [5.41, 5.74) is -0.290. The molecule has 0 heterocycles. The lowest BCUT2D eigenvalue weighted by atomic mass is 10.0. The molecule has 0 fully saturated rings. The molecule has 0 saturated carbocycles. The largest absolute Gasteiger partial charge is 0.478 e. The zero-order valence-corrected chi connectivity index (χ0v) is 10.2. The molecule has 0 radical (unpaired) electrons. The number of carbonyl (C=O) groups is 2. The first kappa shape index (κ1) is 13.3. The molecule has 94 valence electrons. The maximum Gasteiger partial charge on any atom is 0.408 e. The Morgan fingerprint density at radius 1 is 1.47 bits per heavy atom. The van der Waals surface area contributed by atoms with E-state index in [9.17, 15) is 9.59 Å². The quantitative estimate of drug-likeness (QED) is 0.771. The summed E-state index contributed by atoms with van der Waals surface area (Å²) in [5.74, 6) is -0.967. The van der Waals surface area contributed by atoms with Crippen LogP contribution in [0.3, 0.4) is 0 Å². The van der Waals surface area contributed by atoms with E-state index in [1.54, 1.807) is 32.9 Å². The highest BCUT2D eigenvalue weighted by Crippen LogP contribution is 2.14. The molecule has 0 aromatic carbocycles. The molecule has 0 saturated heterocycles. The van der Waals surface area contributed by atoms with Crippen molar-refractivity contribution in [3.05, 3.63) is 23.8 Å². The lowest BCUT2D eigenvalue weighted by molar-refractivity contribution is -0.132. The number of nitrogens with one attached hydrogen (secondary N) is 1. The van der Waals surface area contributed by atoms with Crippen molar-refractivity contribution in [1.82, 2.24) is 5.32 Å². The van der Waals surface area contributed by atoms with Gasteiger partial charge in [0.05, 0.1) is 6.04 Å². The van der Waals surface area contributed by atoms with Crippen molar-refractivity contribution in [3.63, 3.8) is 0 Å². The molecule has 0 unspecified atom stereocenters. The van der Waals surface area contributed by atoms with Gasteiger partial charge in [-0.15, -0.1) is 0 Å². The number of allylic oxidation sites excluding steroid dienone is 2. The molecule has 0 bridgehead atoms. The molecule has 17 heavy (non-hydrogen) atoms. The first-order chi connectivity index (χ1) is 7.78. The van der Waals surface area contributed by atoms with E-state index in [2.05, 4.69) is 5.32 Å². The van der Waals surface area contributed by atoms with Gasteiger partial charge >= 0.3 is 12.1 Å². The molecule has 1 aliphatic carbocycles. The van der Waals surface area contributed by atoms with Crippen LogP contribution in [0.5, 0.6) is 0 Å². The van der Waals surface area contributed by atoms with E-state index in [1.807, 2.05) is 0 Å². The number of hydrogen-bond donors (Lipinski definition) is 2. The Bertz CT molecular complexity index is 376. The molecule has 5 nitrogen and oxygen atoms in total. The Labute approximate surface area is 100 Å². The zero-order chi connectivity index (χ0) is 13.1. The van der Waals surface area contributed by atoms with E-state index >= 15 is 0 Å². The third-order valence-electron chi connectivity index (χ3n) is 2.06. The number of aliphatic carboxylic acids is 1. The maximum atomic E-state index is 11.5. The van der Waals surface area contributed by atoms with E-state index in [4.69, 9.17) is 9.84 Å². The lowest BCUT2D eigenvalue weighted by Gasteiger charge is -2.23. The van der Waals surface area contributed by atoms with Gasteiger partial charge in [0.15, 0.2) is 0 Å². The van der Waals surface area contributed by atoms with Crippen molar-refractivity contribution in [2.75, 3.05) is 0 Å². The van der Waals surface area contributed by atoms with Gasteiger partial charge in [0.2, 0.25) is 0 Å². The molecule has 0 spiro atoms. The molecular weight excluding hydrogens is 222 g/mol. The summed E-state index contributed by atoms with van der Waals surface area (Å²) < 4.78 is 5.09. The average Bonchev–Trinajstić information content (AvgIpc) is 2.14. The molecule has 1 amide bonds. The second-order valence-corrected chi connectivity index (χ2v) is 4.84. The van der Waals surface area contributed by atoms with Gasteiger partial charge in [-0.2, -0.15) is 0 Å². The first-order valence-corrected chi connectivity index (χ1v) is 5.38. The summed E-state index contributed by atoms with van der Waals surface area (Å²) in [6, 6.07) is -0.332. The average molecular weight is 239 g/mol. The van der Waals surface area contributed by atoms with Crippen molar-refractivity contribution in [1.29, 1.82) is 0 Å². The number of carbonyl (C=O) groups excluding carboxylic acids is 1. The van der Waals surface area contributed by atoms with Gasteiger partial charge in [-0.05, 0) is 20.8 Å². The first-order valence-electron chi connectivity index (χ1n) is 5.38. The number of amides is 1. The lowest BCUT2D eigenvalue weighted by Crippen LogP contribution is -2.39. The second-order valence-electron chi connectivity index (χ2n) is 4.84.